The average Bonchev–Trinajstić information content (AvgIpc) is 2.54. The zero-order valence-electron chi connectivity index (χ0n) is 14.2. The number of nitrogens with one attached hydrogen (secondary N) is 2. The van der Waals surface area contributed by atoms with Crippen molar-refractivity contribution < 1.29 is 56.9 Å². The molecular formula is C14H17N4NaO6S. The molecule has 1 aliphatic heterocycles. The molecule has 3 atom stereocenters. The molecule has 0 aliphatic carbocycles. The molecule has 0 aromatic heterocycles. The molecule has 2 rings (SSSR count). The molecule has 0 radical (unpaired) electrons. The van der Waals surface area contributed by atoms with Crippen molar-refractivity contribution in [2.24, 2.45) is 5.73 Å². The van der Waals surface area contributed by atoms with Gasteiger partial charge in [-0.15, -0.1) is 0 Å². The summed E-state index contributed by atoms with van der Waals surface area (Å²) in [7, 11) is -4.89. The molecule has 12 heteroatoms. The third kappa shape index (κ3) is 5.25. The van der Waals surface area contributed by atoms with Crippen LogP contribution in [0.1, 0.15) is 18.5 Å². The Bertz CT molecular complexity index is 786. The molecule has 1 unspecified atom stereocenters. The van der Waals surface area contributed by atoms with Crippen LogP contribution < -0.4 is 45.9 Å². The molecule has 0 spiro atoms. The van der Waals surface area contributed by atoms with Crippen LogP contribution in [0.4, 0.5) is 0 Å². The first kappa shape index (κ1) is 22.5. The Morgan fingerprint density at radius 2 is 1.85 bits per heavy atom. The van der Waals surface area contributed by atoms with E-state index in [0.717, 1.165) is 0 Å². The maximum absolute atomic E-state index is 12.4. The van der Waals surface area contributed by atoms with Crippen LogP contribution >= 0.6 is 0 Å². The summed E-state index contributed by atoms with van der Waals surface area (Å²) in [6.45, 7) is 1.00. The Morgan fingerprint density at radius 3 is 2.31 bits per heavy atom. The van der Waals surface area contributed by atoms with E-state index in [2.05, 4.69) is 10.6 Å². The molecule has 26 heavy (non-hydrogen) atoms. The Hall–Kier alpha value is -1.50. The topological polar surface area (TPSA) is 162 Å². The van der Waals surface area contributed by atoms with Crippen LogP contribution in [0.2, 0.25) is 0 Å². The number of β-lactam (4-membered cyclic amide) rings is 1. The van der Waals surface area contributed by atoms with E-state index < -0.39 is 52.7 Å². The van der Waals surface area contributed by atoms with Crippen LogP contribution in [0.3, 0.4) is 0 Å². The first-order valence-electron chi connectivity index (χ1n) is 7.30. The normalized spacial score (nSPS) is 18.8. The summed E-state index contributed by atoms with van der Waals surface area (Å²) in [4.78, 5) is 35.9. The Balaban J connectivity index is 0.00000338. The van der Waals surface area contributed by atoms with Crippen LogP contribution in [0, 0.1) is 0 Å². The summed E-state index contributed by atoms with van der Waals surface area (Å²) in [5.41, 5.74) is 5.94. The second-order valence-electron chi connectivity index (χ2n) is 5.53. The van der Waals surface area contributed by atoms with E-state index in [1.54, 1.807) is 30.3 Å². The molecule has 0 bridgehead atoms. The number of hydrogen-bond acceptors (Lipinski definition) is 7. The van der Waals surface area contributed by atoms with E-state index in [4.69, 9.17) is 5.73 Å². The molecule has 1 fully saturated rings. The van der Waals surface area contributed by atoms with Crippen LogP contribution in [0.25, 0.3) is 0 Å². The van der Waals surface area contributed by atoms with Crippen molar-refractivity contribution in [2.45, 2.75) is 25.0 Å². The van der Waals surface area contributed by atoms with E-state index >= 15 is 0 Å². The zero-order valence-corrected chi connectivity index (χ0v) is 17.0. The third-order valence-electron chi connectivity index (χ3n) is 3.57. The molecule has 3 amide bonds. The van der Waals surface area contributed by atoms with Crippen molar-refractivity contribution in [2.75, 3.05) is 6.54 Å². The number of carbonyl (C=O) groups is 3. The number of rotatable bonds is 6. The fourth-order valence-electron chi connectivity index (χ4n) is 2.18. The largest absolute Gasteiger partial charge is 1.00 e. The maximum Gasteiger partial charge on any atom is 1.00 e. The van der Waals surface area contributed by atoms with Gasteiger partial charge >= 0.3 is 29.6 Å². The van der Waals surface area contributed by atoms with Crippen LogP contribution in [0.15, 0.2) is 30.3 Å². The summed E-state index contributed by atoms with van der Waals surface area (Å²) in [6.07, 6.45) is 0. The summed E-state index contributed by atoms with van der Waals surface area (Å²) < 4.78 is 32.5. The van der Waals surface area contributed by atoms with Crippen molar-refractivity contribution in [3.63, 3.8) is 0 Å². The van der Waals surface area contributed by atoms with E-state index in [0.29, 0.717) is 5.56 Å². The van der Waals surface area contributed by atoms with Crippen molar-refractivity contribution in [1.82, 2.24) is 14.9 Å². The predicted molar refractivity (Wildman–Crippen MR) is 84.3 cm³/mol. The molecule has 1 aliphatic rings. The predicted octanol–water partition coefficient (Wildman–Crippen LogP) is -5.02. The second kappa shape index (κ2) is 8.93. The van der Waals surface area contributed by atoms with Gasteiger partial charge in [-0.05, 0) is 12.5 Å². The van der Waals surface area contributed by atoms with Gasteiger partial charge < -0.3 is 20.9 Å². The zero-order chi connectivity index (χ0) is 18.8. The molecule has 1 heterocycles. The van der Waals surface area contributed by atoms with Crippen molar-refractivity contribution in [3.8, 4) is 0 Å². The van der Waals surface area contributed by atoms with Gasteiger partial charge in [0.15, 0.2) is 10.3 Å². The van der Waals surface area contributed by atoms with Gasteiger partial charge in [0, 0.05) is 0 Å². The Kier molecular flexibility index (Phi) is 7.74. The van der Waals surface area contributed by atoms with Crippen molar-refractivity contribution in [3.05, 3.63) is 35.9 Å². The standard InChI is InChI=1S/C14H18N4O6S.Na/c1-8(15)12(19)17-11(9-5-3-2-4-6-9)13(20)16-10-7-18(14(10)21)25(22,23)24;/h2-6,8,10-11H,7,15H2,1H3,(H,16,20)(H,17,19)(H,22,23,24);/q;+1/p-1/t8-,10?,11-;/m1./s1. The maximum atomic E-state index is 12.4. The molecule has 10 nitrogen and oxygen atoms in total. The smallest absolute Gasteiger partial charge is 0.731 e. The molecule has 0 saturated carbocycles. The number of carbonyl (C=O) groups excluding carboxylic acids is 3. The fraction of sp³-hybridized carbons (Fsp3) is 0.357. The Morgan fingerprint density at radius 1 is 1.27 bits per heavy atom. The third-order valence-corrected chi connectivity index (χ3v) is 4.44. The molecule has 1 saturated heterocycles. The van der Waals surface area contributed by atoms with Gasteiger partial charge in [0.05, 0.1) is 12.6 Å². The van der Waals surface area contributed by atoms with E-state index in [-0.39, 0.29) is 33.9 Å². The van der Waals surface area contributed by atoms with Crippen LogP contribution in [-0.4, -0.2) is 53.6 Å². The molecule has 1 aromatic rings. The molecule has 1 aromatic carbocycles. The summed E-state index contributed by atoms with van der Waals surface area (Å²) in [6, 6.07) is 5.12. The SMILES string of the molecule is C[C@@H](N)C(=O)N[C@@H](C(=O)NC1CN(S(=O)(=O)[O-])C1=O)c1ccccc1.[Na+]. The number of hydrogen-bond donors (Lipinski definition) is 3. The number of benzene rings is 1. The van der Waals surface area contributed by atoms with E-state index in [9.17, 15) is 27.4 Å². The first-order chi connectivity index (χ1) is 11.6. The number of amides is 3. The Labute approximate surface area is 172 Å². The summed E-state index contributed by atoms with van der Waals surface area (Å²) >= 11 is 0. The van der Waals surface area contributed by atoms with Crippen LogP contribution in [0.5, 0.6) is 0 Å². The minimum atomic E-state index is -4.89. The van der Waals surface area contributed by atoms with Gasteiger partial charge in [0.2, 0.25) is 11.8 Å². The van der Waals surface area contributed by atoms with E-state index in [1.165, 1.54) is 6.92 Å². The minimum Gasteiger partial charge on any atom is -0.731 e. The number of nitrogens with zero attached hydrogens (tertiary/aromatic N) is 1. The minimum absolute atomic E-state index is 0. The van der Waals surface area contributed by atoms with Gasteiger partial charge in [-0.2, -0.15) is 0 Å². The summed E-state index contributed by atoms with van der Waals surface area (Å²) in [5.74, 6) is -2.32. The summed E-state index contributed by atoms with van der Waals surface area (Å²) in [5, 5.41) is 4.78. The molecule has 4 N–H and O–H groups in total. The number of nitrogens with two attached hydrogens (primary N) is 1. The second-order valence-corrected chi connectivity index (χ2v) is 6.83. The van der Waals surface area contributed by atoms with E-state index in [1.807, 2.05) is 0 Å². The fourth-order valence-corrected chi connectivity index (χ4v) is 2.86. The molecule has 136 valence electrons. The van der Waals surface area contributed by atoms with Gasteiger partial charge in [-0.25, -0.2) is 12.7 Å². The monoisotopic (exact) mass is 392 g/mol. The van der Waals surface area contributed by atoms with Crippen LogP contribution in [-0.2, 0) is 24.7 Å². The van der Waals surface area contributed by atoms with Gasteiger partial charge in [0.1, 0.15) is 12.1 Å². The first-order valence-corrected chi connectivity index (χ1v) is 8.66. The quantitative estimate of drug-likeness (QED) is 0.248. The van der Waals surface area contributed by atoms with Gasteiger partial charge in [0.25, 0.3) is 5.91 Å². The molecular weight excluding hydrogens is 375 g/mol. The van der Waals surface area contributed by atoms with Gasteiger partial charge in [-0.3, -0.25) is 14.4 Å². The van der Waals surface area contributed by atoms with Gasteiger partial charge in [-0.1, -0.05) is 30.3 Å². The van der Waals surface area contributed by atoms with Crippen molar-refractivity contribution in [1.29, 1.82) is 0 Å². The van der Waals surface area contributed by atoms with Crippen molar-refractivity contribution >= 4 is 28.0 Å². The average molecular weight is 392 g/mol.